The molecule has 4 rings (SSSR count). The van der Waals surface area contributed by atoms with E-state index in [-0.39, 0.29) is 24.2 Å². The lowest BCUT2D eigenvalue weighted by molar-refractivity contribution is -0.284. The van der Waals surface area contributed by atoms with Crippen LogP contribution < -0.4 is 4.74 Å². The minimum atomic E-state index is -0.780. The molecule has 1 aromatic carbocycles. The first-order chi connectivity index (χ1) is 21.7. The first-order valence-electron chi connectivity index (χ1n) is 15.4. The van der Waals surface area contributed by atoms with Gasteiger partial charge in [0.25, 0.3) is 0 Å². The second-order valence-electron chi connectivity index (χ2n) is 11.7. The van der Waals surface area contributed by atoms with Gasteiger partial charge in [-0.1, -0.05) is 42.9 Å². The van der Waals surface area contributed by atoms with Crippen LogP contribution in [-0.4, -0.2) is 55.6 Å². The molecule has 0 saturated carbocycles. The second-order valence-corrected chi connectivity index (χ2v) is 11.7. The number of ether oxygens (including phenoxy) is 5. The fourth-order valence-corrected chi connectivity index (χ4v) is 5.38. The average Bonchev–Trinajstić information content (AvgIpc) is 3.73. The molecule has 5 atom stereocenters. The first-order valence-corrected chi connectivity index (χ1v) is 15.4. The first kappa shape index (κ1) is 34.3. The number of hydrogen-bond donors (Lipinski definition) is 0. The van der Waals surface area contributed by atoms with E-state index in [9.17, 15) is 4.79 Å². The largest absolute Gasteiger partial charge is 0.497 e. The van der Waals surface area contributed by atoms with Gasteiger partial charge in [0.1, 0.15) is 36.4 Å². The number of aldehydes is 1. The van der Waals surface area contributed by atoms with Crippen LogP contribution in [0.3, 0.4) is 0 Å². The summed E-state index contributed by atoms with van der Waals surface area (Å²) in [7, 11) is 4.96. The van der Waals surface area contributed by atoms with Gasteiger partial charge in [-0.2, -0.15) is 0 Å². The summed E-state index contributed by atoms with van der Waals surface area (Å²) in [4.78, 5) is 20.0. The zero-order valence-corrected chi connectivity index (χ0v) is 27.2. The Balaban J connectivity index is 1.31. The molecule has 1 fully saturated rings. The predicted molar refractivity (Wildman–Crippen MR) is 169 cm³/mol. The Hall–Kier alpha value is -3.57. The van der Waals surface area contributed by atoms with Crippen molar-refractivity contribution in [3.05, 3.63) is 77.7 Å². The predicted octanol–water partition coefficient (Wildman–Crippen LogP) is 7.20. The Morgan fingerprint density at radius 2 is 1.91 bits per heavy atom. The number of methoxy groups -OCH3 is 3. The van der Waals surface area contributed by atoms with Gasteiger partial charge in [-0.3, -0.25) is 0 Å². The van der Waals surface area contributed by atoms with Crippen LogP contribution in [0, 0.1) is 5.92 Å². The van der Waals surface area contributed by atoms with Crippen molar-refractivity contribution in [3.63, 3.8) is 0 Å². The van der Waals surface area contributed by atoms with Gasteiger partial charge in [0.2, 0.25) is 5.89 Å². The number of oxazole rings is 2. The molecule has 0 N–H and O–H groups in total. The monoisotopic (exact) mass is 622 g/mol. The van der Waals surface area contributed by atoms with Crippen LogP contribution >= 0.6 is 0 Å². The molecule has 0 amide bonds. The summed E-state index contributed by atoms with van der Waals surface area (Å²) in [5, 5.41) is 0. The minimum absolute atomic E-state index is 0.0591. The van der Waals surface area contributed by atoms with Crippen molar-refractivity contribution < 1.29 is 37.3 Å². The minimum Gasteiger partial charge on any atom is -0.497 e. The number of carbonyl (C=O) groups is 1. The number of carbonyl (C=O) groups excluding carboxylic acids is 1. The Bertz CT molecular complexity index is 1390. The van der Waals surface area contributed by atoms with Crippen molar-refractivity contribution in [2.45, 2.75) is 90.0 Å². The van der Waals surface area contributed by atoms with Crippen molar-refractivity contribution in [2.24, 2.45) is 5.92 Å². The molecule has 0 bridgehead atoms. The van der Waals surface area contributed by atoms with Crippen molar-refractivity contribution in [3.8, 4) is 17.3 Å². The van der Waals surface area contributed by atoms with Crippen LogP contribution in [0.25, 0.3) is 11.6 Å². The number of nitrogens with zero attached hydrogens (tertiary/aromatic N) is 2. The smallest absolute Gasteiger partial charge is 0.248 e. The molecule has 1 saturated heterocycles. The fraction of sp³-hybridized carbons (Fsp3) is 0.514. The molecule has 0 radical (unpaired) electrons. The molecule has 10 nitrogen and oxygen atoms in total. The van der Waals surface area contributed by atoms with E-state index >= 15 is 0 Å². The fourth-order valence-electron chi connectivity index (χ4n) is 5.38. The van der Waals surface area contributed by atoms with Crippen LogP contribution in [0.1, 0.15) is 76.1 Å². The molecule has 3 heterocycles. The summed E-state index contributed by atoms with van der Waals surface area (Å²) in [5.74, 6) is 0.948. The highest BCUT2D eigenvalue weighted by molar-refractivity contribution is 5.56. The van der Waals surface area contributed by atoms with Gasteiger partial charge in [-0.15, -0.1) is 0 Å². The molecule has 3 aromatic rings. The molecule has 2 aromatic heterocycles. The van der Waals surface area contributed by atoms with Gasteiger partial charge in [0, 0.05) is 45.8 Å². The van der Waals surface area contributed by atoms with E-state index in [2.05, 4.69) is 22.1 Å². The van der Waals surface area contributed by atoms with Crippen molar-refractivity contribution in [2.75, 3.05) is 21.3 Å². The van der Waals surface area contributed by atoms with E-state index in [1.807, 2.05) is 51.1 Å². The topological polar surface area (TPSA) is 115 Å². The molecule has 0 unspecified atom stereocenters. The Morgan fingerprint density at radius 1 is 1.11 bits per heavy atom. The molecule has 1 aliphatic rings. The third-order valence-electron chi connectivity index (χ3n) is 7.89. The van der Waals surface area contributed by atoms with Gasteiger partial charge in [0.15, 0.2) is 17.4 Å². The van der Waals surface area contributed by atoms with Gasteiger partial charge >= 0.3 is 0 Å². The number of aryl methyl sites for hydroxylation is 1. The van der Waals surface area contributed by atoms with Crippen molar-refractivity contribution in [1.29, 1.82) is 0 Å². The van der Waals surface area contributed by atoms with E-state index in [0.29, 0.717) is 55.5 Å². The summed E-state index contributed by atoms with van der Waals surface area (Å²) in [6, 6.07) is 7.87. The zero-order valence-electron chi connectivity index (χ0n) is 27.2. The lowest BCUT2D eigenvalue weighted by Crippen LogP contribution is -2.46. The number of aromatic nitrogens is 2. The van der Waals surface area contributed by atoms with E-state index < -0.39 is 5.79 Å². The maximum atomic E-state index is 10.8. The summed E-state index contributed by atoms with van der Waals surface area (Å²) in [6.07, 6.45) is 13.7. The third-order valence-corrected chi connectivity index (χ3v) is 7.89. The van der Waals surface area contributed by atoms with Gasteiger partial charge in [-0.25, -0.2) is 9.97 Å². The van der Waals surface area contributed by atoms with Gasteiger partial charge in [-0.05, 0) is 44.4 Å². The van der Waals surface area contributed by atoms with Crippen LogP contribution in [0.2, 0.25) is 0 Å². The number of rotatable bonds is 17. The summed E-state index contributed by atoms with van der Waals surface area (Å²) in [6.45, 7) is 6.33. The Labute approximate surface area is 265 Å². The molecule has 1 aliphatic heterocycles. The molecular weight excluding hydrogens is 576 g/mol. The van der Waals surface area contributed by atoms with Gasteiger partial charge in [0.05, 0.1) is 25.9 Å². The molecule has 45 heavy (non-hydrogen) atoms. The van der Waals surface area contributed by atoms with Crippen molar-refractivity contribution >= 4 is 6.29 Å². The summed E-state index contributed by atoms with van der Waals surface area (Å²) in [5.41, 5.74) is 3.42. The zero-order chi connectivity index (χ0) is 32.2. The lowest BCUT2D eigenvalue weighted by atomic mass is 9.95. The van der Waals surface area contributed by atoms with Crippen molar-refractivity contribution in [1.82, 2.24) is 9.97 Å². The number of hydrogen-bond acceptors (Lipinski definition) is 10. The highest BCUT2D eigenvalue weighted by Gasteiger charge is 2.40. The molecular formula is C35H46N2O8. The van der Waals surface area contributed by atoms with E-state index in [1.165, 1.54) is 5.57 Å². The molecule has 244 valence electrons. The Morgan fingerprint density at radius 3 is 2.62 bits per heavy atom. The quantitative estimate of drug-likeness (QED) is 0.113. The Kier molecular flexibility index (Phi) is 12.7. The lowest BCUT2D eigenvalue weighted by Gasteiger charge is -2.42. The summed E-state index contributed by atoms with van der Waals surface area (Å²) < 4.78 is 41.0. The van der Waals surface area contributed by atoms with E-state index in [1.54, 1.807) is 33.9 Å². The number of benzene rings is 1. The van der Waals surface area contributed by atoms with Crippen LogP contribution in [0.15, 0.2) is 69.4 Å². The molecule has 10 heteroatoms. The summed E-state index contributed by atoms with van der Waals surface area (Å²) >= 11 is 0. The standard InChI is InChI=1S/C35H46N2O8/c1-24(16-25(2)20-38)10-8-7-9-11-33-36-31(23-43-33)34-37-30(22-44-34)32(40-5)18-28-17-29(19-35(3,41-6)45-28)42-21-26-12-14-27(39-4)15-13-26/h7-8,12-16,20,22-23,25,28-29,32H,9-11,17-19,21H2,1-6H3/b8-7+,24-16-/t25-,28-,29-,32-,35-/m1/s1. The van der Waals surface area contributed by atoms with E-state index in [0.717, 1.165) is 30.4 Å². The highest BCUT2D eigenvalue weighted by atomic mass is 16.7. The second kappa shape index (κ2) is 16.7. The van der Waals surface area contributed by atoms with Crippen LogP contribution in [-0.2, 0) is 36.8 Å². The average molecular weight is 623 g/mol. The maximum Gasteiger partial charge on any atom is 0.248 e. The number of allylic oxidation sites excluding steroid dienone is 4. The normalized spacial score (nSPS) is 22.0. The van der Waals surface area contributed by atoms with Gasteiger partial charge < -0.3 is 37.3 Å². The molecule has 0 spiro atoms. The van der Waals surface area contributed by atoms with E-state index in [4.69, 9.17) is 32.5 Å². The highest BCUT2D eigenvalue weighted by Crippen LogP contribution is 2.36. The van der Waals surface area contributed by atoms with Crippen LogP contribution in [0.4, 0.5) is 0 Å². The van der Waals surface area contributed by atoms with Crippen LogP contribution in [0.5, 0.6) is 5.75 Å². The SMILES string of the molecule is COc1ccc(CO[C@@H]2C[C@H](C[C@@H](OC)c3coc(-c4coc(CC/C=C/C/C(C)=C\[C@@H](C)C=O)n4)n3)O[C@@](C)(OC)C2)cc1. The third kappa shape index (κ3) is 10.2. The molecule has 0 aliphatic carbocycles. The maximum absolute atomic E-state index is 10.8.